The Kier molecular flexibility index (Phi) is 5.44. The van der Waals surface area contributed by atoms with E-state index in [1.165, 1.54) is 5.32 Å². The number of hydrogen-bond acceptors (Lipinski definition) is 2. The molecule has 1 unspecified atom stereocenters. The van der Waals surface area contributed by atoms with Crippen molar-refractivity contribution in [3.05, 3.63) is 0 Å². The van der Waals surface area contributed by atoms with Gasteiger partial charge in [0.25, 0.3) is 0 Å². The van der Waals surface area contributed by atoms with Gasteiger partial charge in [0.15, 0.2) is 0 Å². The number of halogens is 3. The Bertz CT molecular complexity index is 320. The first-order chi connectivity index (χ1) is 8.10. The van der Waals surface area contributed by atoms with Gasteiger partial charge in [-0.1, -0.05) is 6.92 Å². The molecule has 0 aromatic carbocycles. The second-order valence-corrected chi connectivity index (χ2v) is 3.94. The molecule has 0 fully saturated rings. The number of nitrogens with one attached hydrogen (secondary N) is 1. The molecule has 0 aliphatic rings. The molecule has 0 rings (SSSR count). The van der Waals surface area contributed by atoms with Crippen LogP contribution in [0.3, 0.4) is 0 Å². The molecule has 18 heavy (non-hydrogen) atoms. The van der Waals surface area contributed by atoms with Crippen molar-refractivity contribution in [2.24, 2.45) is 0 Å². The number of aliphatic carboxylic acids is 1. The molecule has 2 amide bonds. The smallest absolute Gasteiger partial charge is 0.422 e. The molecule has 1 atom stereocenters. The molecule has 0 radical (unpaired) electrons. The van der Waals surface area contributed by atoms with Crippen molar-refractivity contribution >= 4 is 12.0 Å². The van der Waals surface area contributed by atoms with E-state index in [9.17, 15) is 22.8 Å². The highest BCUT2D eigenvalue weighted by molar-refractivity contribution is 5.86. The fourth-order valence-electron chi connectivity index (χ4n) is 1.21. The van der Waals surface area contributed by atoms with Crippen LogP contribution in [-0.4, -0.2) is 46.8 Å². The largest absolute Gasteiger partial charge is 0.479 e. The number of rotatable bonds is 5. The summed E-state index contributed by atoms with van der Waals surface area (Å²) in [5.74, 6) is -2.14. The molecule has 0 saturated carbocycles. The van der Waals surface area contributed by atoms with Crippen LogP contribution in [0, 0.1) is 0 Å². The summed E-state index contributed by atoms with van der Waals surface area (Å²) in [6.45, 7) is 4.24. The quantitative estimate of drug-likeness (QED) is 0.800. The fourth-order valence-corrected chi connectivity index (χ4v) is 1.21. The molecule has 0 bridgehead atoms. The fraction of sp³-hybridized carbons (Fsp3) is 0.800. The van der Waals surface area contributed by atoms with E-state index < -0.39 is 23.7 Å². The van der Waals surface area contributed by atoms with Crippen LogP contribution in [-0.2, 0) is 4.79 Å². The second-order valence-electron chi connectivity index (χ2n) is 3.94. The SMILES string of the molecule is CCCN(CC)C(=O)NC(C)(C(=O)O)C(F)(F)F. The average Bonchev–Trinajstić information content (AvgIpc) is 2.23. The first kappa shape index (κ1) is 16.5. The Morgan fingerprint density at radius 1 is 1.28 bits per heavy atom. The van der Waals surface area contributed by atoms with E-state index in [-0.39, 0.29) is 13.1 Å². The molecule has 2 N–H and O–H groups in total. The van der Waals surface area contributed by atoms with Crippen LogP contribution < -0.4 is 5.32 Å². The van der Waals surface area contributed by atoms with E-state index in [1.807, 2.05) is 0 Å². The lowest BCUT2D eigenvalue weighted by molar-refractivity contribution is -0.203. The third-order valence-corrected chi connectivity index (χ3v) is 2.51. The van der Waals surface area contributed by atoms with Crippen LogP contribution >= 0.6 is 0 Å². The summed E-state index contributed by atoms with van der Waals surface area (Å²) in [6.07, 6.45) is -4.50. The maximum Gasteiger partial charge on any atom is 0.422 e. The molecule has 0 heterocycles. The first-order valence-electron chi connectivity index (χ1n) is 5.47. The number of urea groups is 1. The Labute approximate surface area is 103 Å². The molecule has 0 aromatic heterocycles. The zero-order valence-corrected chi connectivity index (χ0v) is 10.5. The Balaban J connectivity index is 5.02. The van der Waals surface area contributed by atoms with Gasteiger partial charge in [0.2, 0.25) is 5.54 Å². The molecule has 0 spiro atoms. The molecule has 0 aliphatic carbocycles. The van der Waals surface area contributed by atoms with E-state index in [0.29, 0.717) is 13.3 Å². The Morgan fingerprint density at radius 2 is 1.78 bits per heavy atom. The number of hydrogen-bond donors (Lipinski definition) is 2. The van der Waals surface area contributed by atoms with Crippen LogP contribution in [0.25, 0.3) is 0 Å². The summed E-state index contributed by atoms with van der Waals surface area (Å²) in [4.78, 5) is 23.4. The predicted molar refractivity (Wildman–Crippen MR) is 58.2 cm³/mol. The molecule has 5 nitrogen and oxygen atoms in total. The first-order valence-corrected chi connectivity index (χ1v) is 5.47. The summed E-state index contributed by atoms with van der Waals surface area (Å²) >= 11 is 0. The number of alkyl halides is 3. The monoisotopic (exact) mass is 270 g/mol. The summed E-state index contributed by atoms with van der Waals surface area (Å²) < 4.78 is 38.0. The van der Waals surface area contributed by atoms with Crippen molar-refractivity contribution in [2.75, 3.05) is 13.1 Å². The maximum atomic E-state index is 12.7. The highest BCUT2D eigenvalue weighted by Crippen LogP contribution is 2.30. The molecule has 0 aliphatic heterocycles. The summed E-state index contributed by atoms with van der Waals surface area (Å²) in [5.41, 5.74) is -3.29. The van der Waals surface area contributed by atoms with Crippen LogP contribution in [0.4, 0.5) is 18.0 Å². The van der Waals surface area contributed by atoms with Crippen molar-refractivity contribution in [1.29, 1.82) is 0 Å². The van der Waals surface area contributed by atoms with Gasteiger partial charge in [0.1, 0.15) is 0 Å². The van der Waals surface area contributed by atoms with Crippen molar-refractivity contribution in [2.45, 2.75) is 38.9 Å². The molecule has 0 saturated heterocycles. The van der Waals surface area contributed by atoms with Gasteiger partial charge in [-0.3, -0.25) is 0 Å². The van der Waals surface area contributed by atoms with E-state index in [1.54, 1.807) is 13.8 Å². The molecule has 8 heteroatoms. The van der Waals surface area contributed by atoms with Gasteiger partial charge in [0.05, 0.1) is 0 Å². The van der Waals surface area contributed by atoms with Crippen LogP contribution in [0.2, 0.25) is 0 Å². The number of nitrogens with zero attached hydrogens (tertiary/aromatic N) is 1. The predicted octanol–water partition coefficient (Wildman–Crippen LogP) is 1.83. The third kappa shape index (κ3) is 3.51. The minimum absolute atomic E-state index is 0.202. The molecule has 106 valence electrons. The van der Waals surface area contributed by atoms with E-state index >= 15 is 0 Å². The molecule has 0 aromatic rings. The van der Waals surface area contributed by atoms with Gasteiger partial charge in [-0.15, -0.1) is 0 Å². The van der Waals surface area contributed by atoms with Gasteiger partial charge < -0.3 is 15.3 Å². The number of carbonyl (C=O) groups is 2. The topological polar surface area (TPSA) is 69.6 Å². The standard InChI is InChI=1S/C10H17F3N2O3/c1-4-6-15(5-2)8(18)14-9(3,7(16)17)10(11,12)13/h4-6H2,1-3H3,(H,14,18)(H,16,17). The van der Waals surface area contributed by atoms with E-state index in [0.717, 1.165) is 4.90 Å². The van der Waals surface area contributed by atoms with Crippen molar-refractivity contribution in [3.8, 4) is 0 Å². The van der Waals surface area contributed by atoms with Crippen LogP contribution in [0.1, 0.15) is 27.2 Å². The van der Waals surface area contributed by atoms with Crippen molar-refractivity contribution in [1.82, 2.24) is 10.2 Å². The Hall–Kier alpha value is -1.47. The van der Waals surface area contributed by atoms with Gasteiger partial charge >= 0.3 is 18.2 Å². The van der Waals surface area contributed by atoms with Crippen molar-refractivity contribution < 1.29 is 27.9 Å². The normalized spacial score (nSPS) is 14.8. The minimum Gasteiger partial charge on any atom is -0.479 e. The van der Waals surface area contributed by atoms with E-state index in [4.69, 9.17) is 5.11 Å². The average molecular weight is 270 g/mol. The number of carbonyl (C=O) groups excluding carboxylic acids is 1. The highest BCUT2D eigenvalue weighted by Gasteiger charge is 2.58. The van der Waals surface area contributed by atoms with Gasteiger partial charge in [-0.05, 0) is 20.3 Å². The number of carboxylic acids is 1. The van der Waals surface area contributed by atoms with Crippen molar-refractivity contribution in [3.63, 3.8) is 0 Å². The summed E-state index contributed by atoms with van der Waals surface area (Å²) in [7, 11) is 0. The molecular formula is C10H17F3N2O3. The lowest BCUT2D eigenvalue weighted by Crippen LogP contribution is -2.64. The summed E-state index contributed by atoms with van der Waals surface area (Å²) in [5, 5.41) is 10.2. The van der Waals surface area contributed by atoms with Gasteiger partial charge in [0, 0.05) is 13.1 Å². The lowest BCUT2D eigenvalue weighted by atomic mass is 10.0. The summed E-state index contributed by atoms with van der Waals surface area (Å²) in [6, 6.07) is -1.04. The van der Waals surface area contributed by atoms with Crippen LogP contribution in [0.15, 0.2) is 0 Å². The van der Waals surface area contributed by atoms with Crippen LogP contribution in [0.5, 0.6) is 0 Å². The highest BCUT2D eigenvalue weighted by atomic mass is 19.4. The third-order valence-electron chi connectivity index (χ3n) is 2.51. The zero-order valence-electron chi connectivity index (χ0n) is 10.5. The minimum atomic E-state index is -5.07. The number of amides is 2. The Morgan fingerprint density at radius 3 is 2.06 bits per heavy atom. The molecular weight excluding hydrogens is 253 g/mol. The van der Waals surface area contributed by atoms with E-state index in [2.05, 4.69) is 0 Å². The van der Waals surface area contributed by atoms with Gasteiger partial charge in [-0.2, -0.15) is 13.2 Å². The lowest BCUT2D eigenvalue weighted by Gasteiger charge is -2.31. The second kappa shape index (κ2) is 5.92. The van der Waals surface area contributed by atoms with Gasteiger partial charge in [-0.25, -0.2) is 9.59 Å². The number of carboxylic acid groups (broad SMARTS) is 1. The zero-order chi connectivity index (χ0) is 14.6. The maximum absolute atomic E-state index is 12.7.